The molecule has 0 radical (unpaired) electrons. The molecular weight excluding hydrogens is 631 g/mol. The van der Waals surface area contributed by atoms with Gasteiger partial charge in [0.1, 0.15) is 0 Å². The van der Waals surface area contributed by atoms with Crippen LogP contribution in [0, 0.1) is 0 Å². The van der Waals surface area contributed by atoms with Gasteiger partial charge in [0, 0.05) is 48.0 Å². The highest BCUT2D eigenvalue weighted by molar-refractivity contribution is 8.03. The minimum absolute atomic E-state index is 0.00470. The van der Waals surface area contributed by atoms with Gasteiger partial charge in [0.15, 0.2) is 0 Å². The van der Waals surface area contributed by atoms with Gasteiger partial charge in [0.2, 0.25) is 5.96 Å². The zero-order valence-electron chi connectivity index (χ0n) is 26.7. The lowest BCUT2D eigenvalue weighted by Gasteiger charge is -2.26. The Kier molecular flexibility index (Phi) is 5.22. The molecule has 2 aliphatic carbocycles. The molecular formula is C44H27N5S. The number of benzene rings is 6. The summed E-state index contributed by atoms with van der Waals surface area (Å²) in [6, 6.07) is 41.8. The van der Waals surface area contributed by atoms with E-state index in [1.807, 2.05) is 11.8 Å². The molecule has 50 heavy (non-hydrogen) atoms. The number of aromatic nitrogens is 1. The lowest BCUT2D eigenvalue weighted by atomic mass is 9.97. The smallest absolute Gasteiger partial charge is 0.209 e. The molecule has 6 aromatic carbocycles. The van der Waals surface area contributed by atoms with Gasteiger partial charge in [-0.15, -0.1) is 0 Å². The maximum atomic E-state index is 5.57. The summed E-state index contributed by atoms with van der Waals surface area (Å²) in [5, 5.41) is 15.2. The second kappa shape index (κ2) is 9.74. The fraction of sp³-hybridized carbons (Fsp3) is 0.0455. The van der Waals surface area contributed by atoms with Gasteiger partial charge in [0.25, 0.3) is 0 Å². The number of nitrogens with one attached hydrogen (secondary N) is 2. The highest BCUT2D eigenvalue weighted by atomic mass is 32.2. The van der Waals surface area contributed by atoms with Crippen LogP contribution in [-0.2, 0) is 0 Å². The number of allylic oxidation sites excluding steroid dienone is 2. The summed E-state index contributed by atoms with van der Waals surface area (Å²) in [4.78, 5) is 13.4. The Hall–Kier alpha value is -6.11. The van der Waals surface area contributed by atoms with Crippen molar-refractivity contribution in [3.05, 3.63) is 167 Å². The predicted molar refractivity (Wildman–Crippen MR) is 208 cm³/mol. The molecule has 0 fully saturated rings. The Bertz CT molecular complexity index is 2900. The molecule has 234 valence electrons. The van der Waals surface area contributed by atoms with Crippen molar-refractivity contribution >= 4 is 83.9 Å². The number of fused-ring (bicyclic) bond motifs is 12. The van der Waals surface area contributed by atoms with E-state index in [9.17, 15) is 0 Å². The molecule has 5 nitrogen and oxygen atoms in total. The third-order valence-electron chi connectivity index (χ3n) is 10.8. The topological polar surface area (TPSA) is 53.7 Å². The summed E-state index contributed by atoms with van der Waals surface area (Å²) in [5.41, 5.74) is 11.2. The van der Waals surface area contributed by atoms with Crippen LogP contribution in [0.15, 0.2) is 159 Å². The molecule has 5 aliphatic rings. The molecule has 0 saturated heterocycles. The van der Waals surface area contributed by atoms with Gasteiger partial charge in [-0.3, -0.25) is 4.57 Å². The molecule has 7 aromatic rings. The molecule has 12 rings (SSSR count). The van der Waals surface area contributed by atoms with Crippen LogP contribution in [0.25, 0.3) is 60.4 Å². The molecule has 1 aromatic heterocycles. The Labute approximate surface area is 291 Å². The van der Waals surface area contributed by atoms with E-state index < -0.39 is 0 Å². The lowest BCUT2D eigenvalue weighted by molar-refractivity contribution is 0.749. The summed E-state index contributed by atoms with van der Waals surface area (Å²) in [6.07, 6.45) is 8.48. The minimum Gasteiger partial charge on any atom is -0.371 e. The number of aliphatic imine (C=N–C) groups is 2. The normalized spacial score (nSPS) is 19.8. The van der Waals surface area contributed by atoms with Crippen LogP contribution in [0.4, 0.5) is 0 Å². The fourth-order valence-corrected chi connectivity index (χ4v) is 9.88. The average molecular weight is 658 g/mol. The third-order valence-corrected chi connectivity index (χ3v) is 12.0. The Morgan fingerprint density at radius 2 is 1.52 bits per heavy atom. The van der Waals surface area contributed by atoms with Gasteiger partial charge in [-0.25, -0.2) is 9.98 Å². The summed E-state index contributed by atoms with van der Waals surface area (Å²) in [5.74, 6) is 0.828. The number of nitrogens with zero attached hydrogens (tertiary/aromatic N) is 3. The quantitative estimate of drug-likeness (QED) is 0.185. The molecule has 2 N–H and O–H groups in total. The standard InChI is InChI=1S/C44H27N5S/c1-2-12-25(13-3-1)38-43-41(27-15-6-9-20-35(27)50-43)48-44(47-38)49-34-23-31-36-28(37(34)30-22-21-24-11-4-5-14-26(24)42(30)49)16-10-17-29(36)39-40(31)46-33-19-8-7-18-32(33)45-39/h1-23,32,41,45H,(H,47,48). The summed E-state index contributed by atoms with van der Waals surface area (Å²) in [6.45, 7) is 0. The second-order valence-corrected chi connectivity index (χ2v) is 14.5. The summed E-state index contributed by atoms with van der Waals surface area (Å²) in [7, 11) is 0. The maximum absolute atomic E-state index is 5.57. The van der Waals surface area contributed by atoms with Crippen LogP contribution in [0.1, 0.15) is 28.3 Å². The Morgan fingerprint density at radius 1 is 0.660 bits per heavy atom. The van der Waals surface area contributed by atoms with Crippen molar-refractivity contribution in [2.45, 2.75) is 17.0 Å². The van der Waals surface area contributed by atoms with Crippen molar-refractivity contribution in [2.24, 2.45) is 9.98 Å². The van der Waals surface area contributed by atoms with Crippen LogP contribution in [-0.4, -0.2) is 22.3 Å². The maximum Gasteiger partial charge on any atom is 0.209 e. The van der Waals surface area contributed by atoms with E-state index in [0.29, 0.717) is 0 Å². The molecule has 6 heteroatoms. The number of thioether (sulfide) groups is 1. The number of rotatable bonds is 1. The van der Waals surface area contributed by atoms with Crippen molar-refractivity contribution in [3.63, 3.8) is 0 Å². The SMILES string of the molecule is C1=CC2=NC3=C(NC2C=C1)c1cccc2c1c3cc1c2c2ccc3ccccc3c2n1C1=NC(c2ccccc2)=C2Sc3ccccc3C2N1. The highest BCUT2D eigenvalue weighted by Gasteiger charge is 2.37. The van der Waals surface area contributed by atoms with Crippen molar-refractivity contribution in [1.29, 1.82) is 0 Å². The molecule has 3 aliphatic heterocycles. The van der Waals surface area contributed by atoms with E-state index in [1.54, 1.807) is 0 Å². The third kappa shape index (κ3) is 3.48. The number of hydrogen-bond acceptors (Lipinski definition) is 5. The van der Waals surface area contributed by atoms with Crippen LogP contribution in [0.2, 0.25) is 0 Å². The zero-order valence-corrected chi connectivity index (χ0v) is 27.5. The monoisotopic (exact) mass is 657 g/mol. The molecule has 2 unspecified atom stereocenters. The second-order valence-electron chi connectivity index (χ2n) is 13.4. The molecule has 4 heterocycles. The van der Waals surface area contributed by atoms with Gasteiger partial charge in [0.05, 0.1) is 45.9 Å². The van der Waals surface area contributed by atoms with Crippen LogP contribution in [0.5, 0.6) is 0 Å². The molecule has 2 atom stereocenters. The minimum atomic E-state index is -0.00470. The predicted octanol–water partition coefficient (Wildman–Crippen LogP) is 9.80. The van der Waals surface area contributed by atoms with E-state index in [1.165, 1.54) is 53.2 Å². The van der Waals surface area contributed by atoms with E-state index >= 15 is 0 Å². The van der Waals surface area contributed by atoms with E-state index in [-0.39, 0.29) is 12.1 Å². The van der Waals surface area contributed by atoms with E-state index in [0.717, 1.165) is 50.9 Å². The van der Waals surface area contributed by atoms with E-state index in [4.69, 9.17) is 9.98 Å². The number of hydrogen-bond donors (Lipinski definition) is 2. The first-order valence-corrected chi connectivity index (χ1v) is 17.9. The van der Waals surface area contributed by atoms with Crippen molar-refractivity contribution < 1.29 is 0 Å². The first-order valence-electron chi connectivity index (χ1n) is 17.1. The lowest BCUT2D eigenvalue weighted by Crippen LogP contribution is -2.36. The van der Waals surface area contributed by atoms with Gasteiger partial charge in [-0.2, -0.15) is 0 Å². The van der Waals surface area contributed by atoms with Gasteiger partial charge < -0.3 is 10.6 Å². The zero-order chi connectivity index (χ0) is 32.5. The summed E-state index contributed by atoms with van der Waals surface area (Å²) < 4.78 is 2.40. The van der Waals surface area contributed by atoms with E-state index in [2.05, 4.69) is 155 Å². The van der Waals surface area contributed by atoms with Gasteiger partial charge >= 0.3 is 0 Å². The fourth-order valence-electron chi connectivity index (χ4n) is 8.63. The van der Waals surface area contributed by atoms with Crippen LogP contribution < -0.4 is 10.6 Å². The van der Waals surface area contributed by atoms with Gasteiger partial charge in [-0.1, -0.05) is 133 Å². The van der Waals surface area contributed by atoms with Crippen molar-refractivity contribution in [3.8, 4) is 0 Å². The Balaban J connectivity index is 1.20. The molecule has 0 spiro atoms. The largest absolute Gasteiger partial charge is 0.371 e. The molecule has 0 amide bonds. The average Bonchev–Trinajstić information content (AvgIpc) is 3.82. The van der Waals surface area contributed by atoms with Crippen molar-refractivity contribution in [2.75, 3.05) is 0 Å². The molecule has 0 bridgehead atoms. The Morgan fingerprint density at radius 3 is 2.48 bits per heavy atom. The van der Waals surface area contributed by atoms with Gasteiger partial charge in [-0.05, 0) is 34.5 Å². The molecule has 0 saturated carbocycles. The van der Waals surface area contributed by atoms with Crippen LogP contribution in [0.3, 0.4) is 0 Å². The highest BCUT2D eigenvalue weighted by Crippen LogP contribution is 2.53. The first kappa shape index (κ1) is 26.8. The van der Waals surface area contributed by atoms with Crippen LogP contribution >= 0.6 is 11.8 Å². The summed E-state index contributed by atoms with van der Waals surface area (Å²) >= 11 is 1.83. The van der Waals surface area contributed by atoms with Crippen molar-refractivity contribution in [1.82, 2.24) is 15.2 Å². The first-order chi connectivity index (χ1) is 24.8.